The van der Waals surface area contributed by atoms with Crippen LogP contribution in [0.4, 0.5) is 0 Å². The summed E-state index contributed by atoms with van der Waals surface area (Å²) in [7, 11) is 0. The molecular weight excluding hydrogens is 714 g/mol. The van der Waals surface area contributed by atoms with Crippen LogP contribution in [-0.2, 0) is 9.59 Å². The normalized spacial score (nSPS) is 14.0. The molecule has 0 atom stereocenters. The second-order valence-corrected chi connectivity index (χ2v) is 10.8. The van der Waals surface area contributed by atoms with Gasteiger partial charge in [0.05, 0.1) is 29.2 Å². The van der Waals surface area contributed by atoms with Gasteiger partial charge in [-0.15, -0.1) is 0 Å². The quantitative estimate of drug-likeness (QED) is 0.172. The third-order valence-corrected chi connectivity index (χ3v) is 7.31. The van der Waals surface area contributed by atoms with E-state index in [0.29, 0.717) is 32.1 Å². The summed E-state index contributed by atoms with van der Waals surface area (Å²) in [6.45, 7) is 1.97. The summed E-state index contributed by atoms with van der Waals surface area (Å²) in [5.74, 6) is -0.0735. The van der Waals surface area contributed by atoms with Crippen molar-refractivity contribution in [3.05, 3.63) is 94.4 Å². The fraction of sp³-hybridized carbons (Fsp3) is 0.0400. The van der Waals surface area contributed by atoms with Gasteiger partial charge >= 0.3 is 0 Å². The van der Waals surface area contributed by atoms with Gasteiger partial charge in [-0.2, -0.15) is 0 Å². The van der Waals surface area contributed by atoms with Gasteiger partial charge in [-0.1, -0.05) is 12.1 Å². The smallest absolute Gasteiger partial charge is 0.259 e. The molecule has 0 unspecified atom stereocenters. The van der Waals surface area contributed by atoms with Crippen LogP contribution in [0, 0.1) is 6.92 Å². The fourth-order valence-corrected chi connectivity index (χ4v) is 5.37. The molecule has 1 aliphatic rings. The van der Waals surface area contributed by atoms with Gasteiger partial charge in [-0.3, -0.25) is 9.59 Å². The van der Waals surface area contributed by atoms with Gasteiger partial charge in [0.15, 0.2) is 6.29 Å². The van der Waals surface area contributed by atoms with Gasteiger partial charge in [0.1, 0.15) is 17.2 Å². The van der Waals surface area contributed by atoms with Gasteiger partial charge in [-0.25, -0.2) is 0 Å². The van der Waals surface area contributed by atoms with Gasteiger partial charge in [0.2, 0.25) is 0 Å². The molecule has 35 heavy (non-hydrogen) atoms. The minimum atomic E-state index is -0.488. The summed E-state index contributed by atoms with van der Waals surface area (Å²) >= 11 is 12.9. The molecule has 3 aromatic rings. The predicted octanol–water partition coefficient (Wildman–Crippen LogP) is 6.97. The molecule has 0 aliphatic carbocycles. The molecule has 0 fully saturated rings. The number of hydrogen-bond acceptors (Lipinski definition) is 5. The first-order chi connectivity index (χ1) is 16.5. The van der Waals surface area contributed by atoms with E-state index >= 15 is 0 Å². The highest BCUT2D eigenvalue weighted by Crippen LogP contribution is 2.36. The van der Waals surface area contributed by atoms with E-state index in [9.17, 15) is 24.9 Å². The number of aromatic hydroxyl groups is 3. The first-order valence-corrected chi connectivity index (χ1v) is 13.0. The Morgan fingerprint density at radius 1 is 0.800 bits per heavy atom. The van der Waals surface area contributed by atoms with E-state index < -0.39 is 5.91 Å². The maximum absolute atomic E-state index is 12.1. The van der Waals surface area contributed by atoms with E-state index in [2.05, 4.69) is 69.0 Å². The van der Waals surface area contributed by atoms with E-state index in [-0.39, 0.29) is 22.8 Å². The van der Waals surface area contributed by atoms with Crippen LogP contribution in [0.25, 0.3) is 11.6 Å². The number of carbonyl (C=O) groups excluding carboxylic acids is 2. The van der Waals surface area contributed by atoms with Crippen molar-refractivity contribution in [3.8, 4) is 17.2 Å². The van der Waals surface area contributed by atoms with Crippen LogP contribution in [0.3, 0.4) is 0 Å². The number of amides is 1. The number of benzene rings is 3. The molecular formula is C25H17Br4NO5. The van der Waals surface area contributed by atoms with Crippen LogP contribution in [0.2, 0.25) is 0 Å². The summed E-state index contributed by atoms with van der Waals surface area (Å²) in [5.41, 5.74) is 3.36. The first kappa shape index (κ1) is 27.2. The van der Waals surface area contributed by atoms with Crippen LogP contribution in [0.15, 0.2) is 77.7 Å². The Hall–Kier alpha value is -2.40. The van der Waals surface area contributed by atoms with Gasteiger partial charge in [0, 0.05) is 5.57 Å². The molecule has 1 amide bonds. The lowest BCUT2D eigenvalue weighted by Crippen LogP contribution is -2.16. The Labute approximate surface area is 234 Å². The molecule has 10 heteroatoms. The zero-order valence-corrected chi connectivity index (χ0v) is 24.3. The molecule has 1 aliphatic heterocycles. The van der Waals surface area contributed by atoms with E-state index in [1.165, 1.54) is 12.1 Å². The number of rotatable bonds is 3. The van der Waals surface area contributed by atoms with E-state index in [4.69, 9.17) is 0 Å². The summed E-state index contributed by atoms with van der Waals surface area (Å²) in [6.07, 6.45) is 2.22. The number of halogens is 4. The molecule has 0 saturated heterocycles. The topological polar surface area (TPSA) is 107 Å². The lowest BCUT2D eigenvalue weighted by atomic mass is 9.99. The third kappa shape index (κ3) is 6.43. The first-order valence-electron chi connectivity index (χ1n) is 9.86. The lowest BCUT2D eigenvalue weighted by Gasteiger charge is -2.08. The maximum Gasteiger partial charge on any atom is 0.259 e. The van der Waals surface area contributed by atoms with Crippen molar-refractivity contribution in [1.82, 2.24) is 5.32 Å². The second-order valence-electron chi connectivity index (χ2n) is 7.37. The highest BCUT2D eigenvalue weighted by Gasteiger charge is 2.28. The molecule has 0 aromatic heterocycles. The summed E-state index contributed by atoms with van der Waals surface area (Å²) in [6, 6.07) is 13.4. The largest absolute Gasteiger partial charge is 0.507 e. The minimum absolute atomic E-state index is 0.0154. The van der Waals surface area contributed by atoms with Gasteiger partial charge < -0.3 is 20.6 Å². The molecule has 4 N–H and O–H groups in total. The van der Waals surface area contributed by atoms with Crippen LogP contribution in [-0.4, -0.2) is 27.5 Å². The minimum Gasteiger partial charge on any atom is -0.507 e. The monoisotopic (exact) mass is 727 g/mol. The number of nitrogens with one attached hydrogen (secondary N) is 1. The molecule has 3 aromatic carbocycles. The molecule has 6 nitrogen and oxygen atoms in total. The second kappa shape index (κ2) is 11.6. The van der Waals surface area contributed by atoms with Crippen molar-refractivity contribution in [3.63, 3.8) is 0 Å². The average Bonchev–Trinajstić information content (AvgIpc) is 3.11. The number of phenolic OH excluding ortho intramolecular Hbond substituents is 3. The Kier molecular flexibility index (Phi) is 8.98. The highest BCUT2D eigenvalue weighted by atomic mass is 79.9. The van der Waals surface area contributed by atoms with Crippen molar-refractivity contribution in [2.45, 2.75) is 6.92 Å². The Bertz CT molecular complexity index is 1380. The fourth-order valence-electron chi connectivity index (χ4n) is 3.18. The number of phenols is 3. The number of allylic oxidation sites excluding steroid dienone is 1. The van der Waals surface area contributed by atoms with Crippen molar-refractivity contribution in [1.29, 1.82) is 0 Å². The van der Waals surface area contributed by atoms with Crippen LogP contribution >= 0.6 is 63.7 Å². The van der Waals surface area contributed by atoms with Crippen LogP contribution in [0.5, 0.6) is 17.2 Å². The van der Waals surface area contributed by atoms with E-state index in [1.807, 2.05) is 19.1 Å². The van der Waals surface area contributed by atoms with Gasteiger partial charge in [-0.05, 0) is 130 Å². The predicted molar refractivity (Wildman–Crippen MR) is 149 cm³/mol. The number of hydrogen-bond donors (Lipinski definition) is 4. The molecule has 180 valence electrons. The summed E-state index contributed by atoms with van der Waals surface area (Å²) in [4.78, 5) is 23.5. The molecule has 0 bridgehead atoms. The van der Waals surface area contributed by atoms with Crippen molar-refractivity contribution in [2.24, 2.45) is 0 Å². The summed E-state index contributed by atoms with van der Waals surface area (Å²) in [5, 5.41) is 31.2. The van der Waals surface area contributed by atoms with Crippen LogP contribution in [0.1, 0.15) is 16.7 Å². The third-order valence-electron chi connectivity index (χ3n) is 4.83. The lowest BCUT2D eigenvalue weighted by molar-refractivity contribution is -0.118. The molecule has 4 rings (SSSR count). The zero-order valence-electron chi connectivity index (χ0n) is 17.9. The van der Waals surface area contributed by atoms with Gasteiger partial charge in [0.25, 0.3) is 5.91 Å². The maximum atomic E-state index is 12.1. The number of aldehydes is 1. The zero-order chi connectivity index (χ0) is 25.9. The SMILES string of the molecule is Cc1cc(Br)c(O)c(Br)c1.O=CC1=C(c2ccc(O)c(Br)c2)/C(=C/c2ccc(O)c(Br)c2)NC1=O. The van der Waals surface area contributed by atoms with E-state index in [1.54, 1.807) is 30.3 Å². The average molecular weight is 731 g/mol. The standard InChI is InChI=1S/C18H11Br2NO4.C7H6Br2O/c19-12-5-9(1-3-15(12)23)6-14-17(11(8-22)18(25)21-14)10-2-4-16(24)13(20)7-10;1-4-2-5(8)7(10)6(9)3-4/h1-8,23-24H,(H,21,25);2-3,10H,1H3/b14-6-;. The molecule has 0 spiro atoms. The van der Waals surface area contributed by atoms with Crippen molar-refractivity contribution >= 4 is 87.6 Å². The van der Waals surface area contributed by atoms with Crippen molar-refractivity contribution in [2.75, 3.05) is 0 Å². The summed E-state index contributed by atoms with van der Waals surface area (Å²) < 4.78 is 2.41. The Morgan fingerprint density at radius 3 is 1.91 bits per heavy atom. The Morgan fingerprint density at radius 2 is 1.37 bits per heavy atom. The number of carbonyl (C=O) groups is 2. The van der Waals surface area contributed by atoms with Crippen molar-refractivity contribution < 1.29 is 24.9 Å². The molecule has 1 heterocycles. The number of aryl methyl sites for hydroxylation is 1. The molecule has 0 saturated carbocycles. The van der Waals surface area contributed by atoms with Crippen LogP contribution < -0.4 is 5.32 Å². The Balaban J connectivity index is 0.000000287. The molecule has 0 radical (unpaired) electrons. The van der Waals surface area contributed by atoms with E-state index in [0.717, 1.165) is 20.1 Å². The highest BCUT2D eigenvalue weighted by molar-refractivity contribution is 9.11.